The number of piperidine rings is 1. The van der Waals surface area contributed by atoms with Crippen LogP contribution in [-0.2, 0) is 32.0 Å². The van der Waals surface area contributed by atoms with Gasteiger partial charge in [-0.1, -0.05) is 94.1 Å². The van der Waals surface area contributed by atoms with E-state index in [-0.39, 0.29) is 60.7 Å². The molecule has 23 heteroatoms. The number of fused-ring (bicyclic) bond motifs is 8. The first-order valence-corrected chi connectivity index (χ1v) is 32.5. The number of para-hydroxylation sites is 1. The normalized spacial score (nSPS) is 23.4. The number of benzene rings is 3. The molecule has 488 valence electrons. The van der Waals surface area contributed by atoms with Gasteiger partial charge in [0.1, 0.15) is 52.4 Å². The van der Waals surface area contributed by atoms with Gasteiger partial charge in [0, 0.05) is 47.9 Å². The lowest BCUT2D eigenvalue weighted by Crippen LogP contribution is -2.61. The highest BCUT2D eigenvalue weighted by Crippen LogP contribution is 2.52. The van der Waals surface area contributed by atoms with E-state index in [1.54, 1.807) is 30.5 Å². The molecular weight excluding hydrogens is 1180 g/mol. The van der Waals surface area contributed by atoms with Crippen molar-refractivity contribution in [1.29, 1.82) is 0 Å². The number of β-amino-alcohol motifs (C(OH)–C–C–N with tert-alkyl or cyclic N) is 1. The van der Waals surface area contributed by atoms with E-state index in [0.29, 0.717) is 52.3 Å². The minimum Gasteiger partial charge on any atom is -0.489 e. The molecule has 1 aliphatic carbocycles. The van der Waals surface area contributed by atoms with Gasteiger partial charge in [-0.05, 0) is 121 Å². The van der Waals surface area contributed by atoms with Crippen molar-refractivity contribution in [3.63, 3.8) is 0 Å². The number of aromatic nitrogens is 3. The molecule has 91 heavy (non-hydrogen) atoms. The number of hydrogen-bond donors (Lipinski definition) is 8. The number of thioether (sulfide) groups is 1. The van der Waals surface area contributed by atoms with Crippen LogP contribution in [0.25, 0.3) is 27.9 Å². The fourth-order valence-electron chi connectivity index (χ4n) is 12.6. The maximum atomic E-state index is 13.8. The quantitative estimate of drug-likeness (QED) is 0.0458. The van der Waals surface area contributed by atoms with E-state index < -0.39 is 76.9 Å². The van der Waals surface area contributed by atoms with Crippen LogP contribution in [0.3, 0.4) is 0 Å². The van der Waals surface area contributed by atoms with Crippen LogP contribution >= 0.6 is 11.8 Å². The number of aryl methyl sites for hydroxylation is 1. The van der Waals surface area contributed by atoms with Crippen molar-refractivity contribution < 1.29 is 53.1 Å². The maximum absolute atomic E-state index is 13.8. The summed E-state index contributed by atoms with van der Waals surface area (Å²) in [5.41, 5.74) is 13.1. The summed E-state index contributed by atoms with van der Waals surface area (Å²) < 4.78 is 24.9. The van der Waals surface area contributed by atoms with Crippen molar-refractivity contribution in [2.45, 2.75) is 172 Å². The van der Waals surface area contributed by atoms with E-state index in [2.05, 4.69) is 37.7 Å². The second-order valence-electron chi connectivity index (χ2n) is 26.0. The number of nitrogen functional groups attached to an aromatic ring is 1. The summed E-state index contributed by atoms with van der Waals surface area (Å²) in [4.78, 5) is 86.6. The van der Waals surface area contributed by atoms with E-state index in [1.165, 1.54) is 28.8 Å². The number of aliphatic hydroxyl groups excluding tert-OH is 3. The molecule has 0 spiro atoms. The number of nitrogens with one attached hydrogen (secondary N) is 3. The van der Waals surface area contributed by atoms with Gasteiger partial charge in [-0.25, -0.2) is 14.6 Å². The molecule has 22 nitrogen and oxygen atoms in total. The molecule has 6 aromatic rings. The summed E-state index contributed by atoms with van der Waals surface area (Å²) >= 11 is 1.47. The summed E-state index contributed by atoms with van der Waals surface area (Å²) in [6.07, 6.45) is 9.86. The highest BCUT2D eigenvalue weighted by molar-refractivity contribution is 8.00. The van der Waals surface area contributed by atoms with E-state index in [4.69, 9.17) is 35.2 Å². The number of aliphatic hydroxyl groups is 3. The van der Waals surface area contributed by atoms with Gasteiger partial charge >= 0.3 is 11.3 Å². The number of primary amides is 1. The van der Waals surface area contributed by atoms with Crippen molar-refractivity contribution in [3.05, 3.63) is 140 Å². The van der Waals surface area contributed by atoms with Crippen molar-refractivity contribution in [2.75, 3.05) is 31.2 Å². The van der Waals surface area contributed by atoms with Crippen LogP contribution in [0, 0.1) is 17.8 Å². The zero-order valence-corrected chi connectivity index (χ0v) is 53.9. The first kappa shape index (κ1) is 67.7. The minimum absolute atomic E-state index is 0.0566. The second-order valence-corrected chi connectivity index (χ2v) is 27.2. The van der Waals surface area contributed by atoms with Crippen LogP contribution in [0.2, 0.25) is 0 Å². The topological polar surface area (TPSA) is 326 Å². The first-order chi connectivity index (χ1) is 43.3. The second kappa shape index (κ2) is 29.3. The number of likely N-dealkylation sites (tertiary alicyclic amines) is 1. The van der Waals surface area contributed by atoms with Gasteiger partial charge in [-0.3, -0.25) is 28.6 Å². The number of pyridine rings is 1. The molecular formula is C68H87N9O13S. The standard InChI is InChI=1S/C38H50N6O5.C22H26O5.C8H11N3O3S/c1-38(2,3)43-37(49)32-20-26-14-7-8-15-27(26)22-44(32)23-33(45)30(19-24-11-5-4-6-12-24)41-36(48)31(21-34(39)46)42-35(47)29-18-17-25-13-9-10-16-28(25)40-29;1-6-7-13-10-15(23)26-21-16(13)20-14(8-9-22(4,5)27-20)19-17(21)18(24)11(2)12(3)25-19;9-5-1-2-11(8(13)10-5)6-4-15-7(3-12)14-6/h4-6,9-13,16-18,26-27,30-33,45H,7-8,14-15,19-23H2,1-3H3,(H2,39,46)(H,41,48)(H,42,47)(H,43,49);8-12,18,24H,6-7H2,1-5H3;1-2,6-7,12H,3-4H2,(H2,9,10,13)/t26-,27+,30-,31-,32-,33+;11-,12-,18+;6-,7+/m010/s1. The number of nitrogens with two attached hydrogens (primary N) is 2. The SMILES string of the molecule is CC(C)(C)NC(=O)[C@@H]1C[C@@H]2CCCC[C@@H]2CN1C[C@@H](O)[C@H](Cc1ccccc1)NC(=O)[C@H](CC(N)=O)NC(=O)c1ccc2ccccc2n1.CCCc1cc(=O)oc2c3c(c4c(c12)OC(C)(C)C=C4)O[C@H](C)[C@@H](C)[C@@H]3O.Nc1ccn([C@@H]2CS[C@H](CO)O2)c(=O)n1. The Hall–Kier alpha value is -7.67. The lowest BCUT2D eigenvalue weighted by atomic mass is 9.72. The third-order valence-corrected chi connectivity index (χ3v) is 18.4. The van der Waals surface area contributed by atoms with Crippen LogP contribution in [0.4, 0.5) is 5.82 Å². The third-order valence-electron chi connectivity index (χ3n) is 17.3. The van der Waals surface area contributed by atoms with Crippen LogP contribution in [-0.4, -0.2) is 131 Å². The predicted molar refractivity (Wildman–Crippen MR) is 349 cm³/mol. The molecule has 4 aliphatic heterocycles. The Kier molecular flexibility index (Phi) is 21.8. The molecule has 0 unspecified atom stereocenters. The Labute approximate surface area is 533 Å². The number of anilines is 1. The number of rotatable bonds is 16. The molecule has 0 bridgehead atoms. The summed E-state index contributed by atoms with van der Waals surface area (Å²) in [5, 5.41) is 42.1. The molecule has 4 amide bonds. The summed E-state index contributed by atoms with van der Waals surface area (Å²) in [5.74, 6) is 0.719. The molecule has 3 aromatic carbocycles. The minimum atomic E-state index is -1.30. The predicted octanol–water partition coefficient (Wildman–Crippen LogP) is 6.88. The van der Waals surface area contributed by atoms with E-state index >= 15 is 0 Å². The van der Waals surface area contributed by atoms with E-state index in [9.17, 15) is 39.0 Å². The summed E-state index contributed by atoms with van der Waals surface area (Å²) in [6, 6.07) is 20.7. The fraction of sp³-hybridized carbons (Fsp3) is 0.500. The number of nitrogens with zero attached hydrogens (tertiary/aromatic N) is 4. The molecule has 0 radical (unpaired) electrons. The van der Waals surface area contributed by atoms with Gasteiger partial charge in [-0.2, -0.15) is 4.98 Å². The zero-order chi connectivity index (χ0) is 65.5. The number of carbonyl (C=O) groups is 4. The molecule has 10 N–H and O–H groups in total. The van der Waals surface area contributed by atoms with Crippen LogP contribution in [0.15, 0.2) is 105 Å². The Morgan fingerprint density at radius 3 is 2.35 bits per heavy atom. The number of hydrogen-bond acceptors (Lipinski definition) is 18. The fourth-order valence-corrected chi connectivity index (χ4v) is 13.5. The lowest BCUT2D eigenvalue weighted by molar-refractivity contribution is -0.133. The number of amides is 4. The average Bonchev–Trinajstić information content (AvgIpc) is 0.995. The molecule has 11 atom stereocenters. The largest absolute Gasteiger partial charge is 0.489 e. The van der Waals surface area contributed by atoms with Crippen molar-refractivity contribution in [1.82, 2.24) is 35.4 Å². The van der Waals surface area contributed by atoms with Gasteiger partial charge in [0.15, 0.2) is 5.58 Å². The first-order valence-electron chi connectivity index (χ1n) is 31.5. The summed E-state index contributed by atoms with van der Waals surface area (Å²) in [7, 11) is 0. The van der Waals surface area contributed by atoms with Crippen molar-refractivity contribution in [2.24, 2.45) is 23.5 Å². The molecule has 1 saturated carbocycles. The van der Waals surface area contributed by atoms with Gasteiger partial charge in [0.05, 0.1) is 59.3 Å². The molecule has 2 saturated heterocycles. The van der Waals surface area contributed by atoms with Crippen LogP contribution < -0.4 is 48.2 Å². The highest BCUT2D eigenvalue weighted by Gasteiger charge is 2.43. The smallest absolute Gasteiger partial charge is 0.351 e. The third kappa shape index (κ3) is 16.7. The molecule has 7 heterocycles. The summed E-state index contributed by atoms with van der Waals surface area (Å²) in [6.45, 7) is 16.6. The maximum Gasteiger partial charge on any atom is 0.351 e. The Morgan fingerprint density at radius 2 is 1.66 bits per heavy atom. The van der Waals surface area contributed by atoms with Crippen LogP contribution in [0.5, 0.6) is 11.5 Å². The Morgan fingerprint density at radius 1 is 0.934 bits per heavy atom. The van der Waals surface area contributed by atoms with Gasteiger partial charge < -0.3 is 61.4 Å². The number of ether oxygens (including phenoxy) is 3. The Bertz CT molecular complexity index is 3740. The van der Waals surface area contributed by atoms with Crippen LogP contribution in [0.1, 0.15) is 145 Å². The lowest BCUT2D eigenvalue weighted by Gasteiger charge is -2.47. The molecule has 5 aliphatic rings. The van der Waals surface area contributed by atoms with Gasteiger partial charge in [0.25, 0.3) is 5.91 Å². The van der Waals surface area contributed by atoms with Gasteiger partial charge in [-0.15, -0.1) is 11.8 Å². The van der Waals surface area contributed by atoms with E-state index in [0.717, 1.165) is 66.0 Å². The van der Waals surface area contributed by atoms with Crippen molar-refractivity contribution in [3.8, 4) is 11.5 Å². The zero-order valence-electron chi connectivity index (χ0n) is 53.1. The van der Waals surface area contributed by atoms with Crippen molar-refractivity contribution >= 4 is 69.2 Å². The van der Waals surface area contributed by atoms with Gasteiger partial charge in [0.2, 0.25) is 17.7 Å². The average molecular weight is 1270 g/mol. The monoisotopic (exact) mass is 1270 g/mol. The number of carbonyl (C=O) groups excluding carboxylic acids is 4. The van der Waals surface area contributed by atoms with E-state index in [1.807, 2.05) is 109 Å². The molecule has 3 fully saturated rings. The molecule has 3 aromatic heterocycles. The Balaban J connectivity index is 0.000000192. The highest BCUT2D eigenvalue weighted by atomic mass is 32.2. The molecule has 11 rings (SSSR count).